The summed E-state index contributed by atoms with van der Waals surface area (Å²) in [5, 5.41) is 10.6. The van der Waals surface area contributed by atoms with Gasteiger partial charge in [-0.25, -0.2) is 0 Å². The molecule has 3 heteroatoms. The van der Waals surface area contributed by atoms with E-state index in [9.17, 15) is 5.11 Å². The summed E-state index contributed by atoms with van der Waals surface area (Å²) < 4.78 is 11.3. The van der Waals surface area contributed by atoms with Crippen LogP contribution in [0, 0.1) is 17.3 Å². The molecule has 0 bridgehead atoms. The third-order valence-corrected chi connectivity index (χ3v) is 8.21. The maximum absolute atomic E-state index is 10.6. The summed E-state index contributed by atoms with van der Waals surface area (Å²) in [7, 11) is 1.69. The minimum absolute atomic E-state index is 0.0939. The molecule has 2 fully saturated rings. The summed E-state index contributed by atoms with van der Waals surface area (Å²) in [4.78, 5) is 0. The van der Waals surface area contributed by atoms with Gasteiger partial charge in [0.15, 0.2) is 0 Å². The lowest BCUT2D eigenvalue weighted by atomic mass is 9.55. The molecule has 3 aliphatic rings. The van der Waals surface area contributed by atoms with Gasteiger partial charge in [0.1, 0.15) is 18.1 Å². The molecule has 2 aromatic carbocycles. The van der Waals surface area contributed by atoms with E-state index in [-0.39, 0.29) is 11.5 Å². The van der Waals surface area contributed by atoms with Crippen LogP contribution in [0.5, 0.6) is 11.5 Å². The second kappa shape index (κ2) is 7.36. The molecule has 3 aliphatic carbocycles. The van der Waals surface area contributed by atoms with Crippen molar-refractivity contribution in [3.63, 3.8) is 0 Å². The van der Waals surface area contributed by atoms with Crippen LogP contribution in [0.2, 0.25) is 0 Å². The fourth-order valence-electron chi connectivity index (χ4n) is 6.51. The highest BCUT2D eigenvalue weighted by Crippen LogP contribution is 2.60. The molecule has 0 aromatic heterocycles. The molecular formula is C26H32O3. The zero-order chi connectivity index (χ0) is 20.0. The van der Waals surface area contributed by atoms with Crippen molar-refractivity contribution in [2.45, 2.75) is 64.1 Å². The van der Waals surface area contributed by atoms with Crippen molar-refractivity contribution in [1.29, 1.82) is 0 Å². The van der Waals surface area contributed by atoms with Crippen molar-refractivity contribution in [2.24, 2.45) is 17.3 Å². The van der Waals surface area contributed by atoms with E-state index >= 15 is 0 Å². The van der Waals surface area contributed by atoms with Gasteiger partial charge in [-0.05, 0) is 103 Å². The molecule has 5 atom stereocenters. The zero-order valence-corrected chi connectivity index (χ0v) is 17.6. The number of aliphatic hydroxyl groups excluding tert-OH is 1. The van der Waals surface area contributed by atoms with E-state index in [1.54, 1.807) is 12.7 Å². The summed E-state index contributed by atoms with van der Waals surface area (Å²) in [5.41, 5.74) is 4.32. The number of fused-ring (bicyclic) bond motifs is 5. The predicted molar refractivity (Wildman–Crippen MR) is 114 cm³/mol. The van der Waals surface area contributed by atoms with Crippen LogP contribution in [-0.2, 0) is 13.0 Å². The molecule has 5 rings (SSSR count). The zero-order valence-electron chi connectivity index (χ0n) is 17.6. The first kappa shape index (κ1) is 19.0. The SMILES string of the molecule is COc1ccc(COc2ccc3c(c2)CCC2C3CCC3(C)C(O)CCC23)cc1. The Bertz CT molecular complexity index is 874. The molecule has 3 nitrogen and oxygen atoms in total. The van der Waals surface area contributed by atoms with Crippen LogP contribution in [0.15, 0.2) is 42.5 Å². The minimum Gasteiger partial charge on any atom is -0.497 e. The highest BCUT2D eigenvalue weighted by atomic mass is 16.5. The fourth-order valence-corrected chi connectivity index (χ4v) is 6.51. The summed E-state index contributed by atoms with van der Waals surface area (Å²) in [6.07, 6.45) is 6.88. The molecular weight excluding hydrogens is 360 g/mol. The van der Waals surface area contributed by atoms with Crippen LogP contribution in [0.3, 0.4) is 0 Å². The van der Waals surface area contributed by atoms with Crippen LogP contribution in [0.25, 0.3) is 0 Å². The number of benzene rings is 2. The summed E-state index contributed by atoms with van der Waals surface area (Å²) >= 11 is 0. The number of aliphatic hydroxyl groups is 1. The second-order valence-corrected chi connectivity index (χ2v) is 9.55. The Labute approximate surface area is 174 Å². The van der Waals surface area contributed by atoms with E-state index in [0.29, 0.717) is 18.4 Å². The highest BCUT2D eigenvalue weighted by Gasteiger charge is 2.54. The lowest BCUT2D eigenvalue weighted by Gasteiger charge is -2.50. The number of hydrogen-bond donors (Lipinski definition) is 1. The van der Waals surface area contributed by atoms with Crippen LogP contribution >= 0.6 is 0 Å². The number of hydrogen-bond acceptors (Lipinski definition) is 3. The molecule has 29 heavy (non-hydrogen) atoms. The summed E-state index contributed by atoms with van der Waals surface area (Å²) in [6.45, 7) is 2.92. The van der Waals surface area contributed by atoms with Gasteiger partial charge in [-0.3, -0.25) is 0 Å². The molecule has 0 heterocycles. The van der Waals surface area contributed by atoms with Gasteiger partial charge < -0.3 is 14.6 Å². The average molecular weight is 393 g/mol. The normalized spacial score (nSPS) is 32.8. The Kier molecular flexibility index (Phi) is 4.82. The van der Waals surface area contributed by atoms with Crippen molar-refractivity contribution in [2.75, 3.05) is 7.11 Å². The topological polar surface area (TPSA) is 38.7 Å². The third kappa shape index (κ3) is 3.24. The van der Waals surface area contributed by atoms with Gasteiger partial charge in [-0.1, -0.05) is 25.1 Å². The second-order valence-electron chi connectivity index (χ2n) is 9.55. The molecule has 2 aromatic rings. The lowest BCUT2D eigenvalue weighted by Crippen LogP contribution is -2.43. The standard InChI is InChI=1S/C26H32O3/c1-26-14-13-22-21-10-8-20(29-16-17-3-6-19(28-2)7-4-17)15-18(21)5-9-23(22)24(26)11-12-25(26)27/h3-4,6-8,10,15,22-25,27H,5,9,11-14,16H2,1-2H3. The van der Waals surface area contributed by atoms with Crippen LogP contribution in [0.1, 0.15) is 61.6 Å². The first-order valence-electron chi connectivity index (χ1n) is 11.1. The lowest BCUT2D eigenvalue weighted by molar-refractivity contribution is -0.0226. The summed E-state index contributed by atoms with van der Waals surface area (Å²) in [5.74, 6) is 3.93. The van der Waals surface area contributed by atoms with E-state index < -0.39 is 0 Å². The molecule has 0 saturated heterocycles. The van der Waals surface area contributed by atoms with Crippen molar-refractivity contribution < 1.29 is 14.6 Å². The Morgan fingerprint density at radius 3 is 2.59 bits per heavy atom. The number of aryl methyl sites for hydroxylation is 1. The Balaban J connectivity index is 1.30. The van der Waals surface area contributed by atoms with Gasteiger partial charge in [0.05, 0.1) is 13.2 Å². The Morgan fingerprint density at radius 1 is 1.00 bits per heavy atom. The Morgan fingerprint density at radius 2 is 1.79 bits per heavy atom. The largest absolute Gasteiger partial charge is 0.497 e. The van der Waals surface area contributed by atoms with Crippen molar-refractivity contribution >= 4 is 0 Å². The van der Waals surface area contributed by atoms with Gasteiger partial charge in [-0.15, -0.1) is 0 Å². The number of ether oxygens (including phenoxy) is 2. The summed E-state index contributed by atoms with van der Waals surface area (Å²) in [6, 6.07) is 14.8. The van der Waals surface area contributed by atoms with Gasteiger partial charge in [0, 0.05) is 0 Å². The molecule has 0 amide bonds. The first-order valence-corrected chi connectivity index (χ1v) is 11.1. The Hall–Kier alpha value is -2.00. The van der Waals surface area contributed by atoms with E-state index in [1.165, 1.54) is 24.8 Å². The predicted octanol–water partition coefficient (Wildman–Crippen LogP) is 5.49. The smallest absolute Gasteiger partial charge is 0.120 e. The number of rotatable bonds is 4. The quantitative estimate of drug-likeness (QED) is 0.748. The van der Waals surface area contributed by atoms with Gasteiger partial charge in [-0.2, -0.15) is 0 Å². The van der Waals surface area contributed by atoms with Crippen LogP contribution in [-0.4, -0.2) is 18.3 Å². The van der Waals surface area contributed by atoms with Gasteiger partial charge in [0.2, 0.25) is 0 Å². The van der Waals surface area contributed by atoms with E-state index in [0.717, 1.165) is 42.2 Å². The molecule has 154 valence electrons. The van der Waals surface area contributed by atoms with Crippen LogP contribution in [0.4, 0.5) is 0 Å². The van der Waals surface area contributed by atoms with Crippen molar-refractivity contribution in [3.05, 3.63) is 59.2 Å². The van der Waals surface area contributed by atoms with E-state index in [4.69, 9.17) is 9.47 Å². The monoisotopic (exact) mass is 392 g/mol. The van der Waals surface area contributed by atoms with Crippen molar-refractivity contribution in [3.8, 4) is 11.5 Å². The molecule has 2 saturated carbocycles. The van der Waals surface area contributed by atoms with E-state index in [1.807, 2.05) is 12.1 Å². The number of methoxy groups -OCH3 is 1. The molecule has 1 N–H and O–H groups in total. The molecule has 0 radical (unpaired) electrons. The van der Waals surface area contributed by atoms with Crippen LogP contribution < -0.4 is 9.47 Å². The molecule has 0 spiro atoms. The fraction of sp³-hybridized carbons (Fsp3) is 0.538. The molecule has 0 aliphatic heterocycles. The van der Waals surface area contributed by atoms with Crippen molar-refractivity contribution in [1.82, 2.24) is 0 Å². The maximum Gasteiger partial charge on any atom is 0.120 e. The van der Waals surface area contributed by atoms with Gasteiger partial charge >= 0.3 is 0 Å². The van der Waals surface area contributed by atoms with Gasteiger partial charge in [0.25, 0.3) is 0 Å². The third-order valence-electron chi connectivity index (χ3n) is 8.21. The highest BCUT2D eigenvalue weighted by molar-refractivity contribution is 5.41. The van der Waals surface area contributed by atoms with E-state index in [2.05, 4.69) is 37.3 Å². The maximum atomic E-state index is 10.6. The minimum atomic E-state index is -0.0939. The molecule has 5 unspecified atom stereocenters. The average Bonchev–Trinajstić information content (AvgIpc) is 3.07. The first-order chi connectivity index (χ1) is 14.1.